The molecular formula is C15H22N2O2. The van der Waals surface area contributed by atoms with E-state index in [1.807, 2.05) is 32.9 Å². The molecule has 0 spiro atoms. The minimum atomic E-state index is -0.443. The zero-order valence-electron chi connectivity index (χ0n) is 11.8. The first-order valence-electron chi connectivity index (χ1n) is 6.73. The molecule has 1 heterocycles. The smallest absolute Gasteiger partial charge is 0.407 e. The number of hydrogen-bond acceptors (Lipinski definition) is 3. The summed E-state index contributed by atoms with van der Waals surface area (Å²) in [6.45, 7) is 7.12. The molecule has 0 unspecified atom stereocenters. The predicted octanol–water partition coefficient (Wildman–Crippen LogP) is 2.80. The van der Waals surface area contributed by atoms with Crippen LogP contribution in [-0.2, 0) is 11.2 Å². The zero-order valence-corrected chi connectivity index (χ0v) is 11.8. The molecule has 19 heavy (non-hydrogen) atoms. The second-order valence-electron chi connectivity index (χ2n) is 5.99. The van der Waals surface area contributed by atoms with E-state index in [-0.39, 0.29) is 6.09 Å². The van der Waals surface area contributed by atoms with E-state index in [9.17, 15) is 4.79 Å². The first-order valence-corrected chi connectivity index (χ1v) is 6.73. The van der Waals surface area contributed by atoms with Gasteiger partial charge in [-0.1, -0.05) is 18.2 Å². The lowest BCUT2D eigenvalue weighted by Gasteiger charge is -2.27. The van der Waals surface area contributed by atoms with Crippen LogP contribution in [0.1, 0.15) is 26.3 Å². The van der Waals surface area contributed by atoms with Crippen LogP contribution < -0.4 is 10.6 Å². The molecule has 1 aromatic rings. The molecule has 2 rings (SSSR count). The van der Waals surface area contributed by atoms with Crippen molar-refractivity contribution < 1.29 is 9.53 Å². The van der Waals surface area contributed by atoms with Crippen LogP contribution in [0.4, 0.5) is 10.5 Å². The number of para-hydroxylation sites is 1. The van der Waals surface area contributed by atoms with Crippen LogP contribution in [0.5, 0.6) is 0 Å². The van der Waals surface area contributed by atoms with Gasteiger partial charge in [0.15, 0.2) is 0 Å². The normalized spacial score (nSPS) is 18.2. The molecule has 2 N–H and O–H groups in total. The van der Waals surface area contributed by atoms with Gasteiger partial charge in [0, 0.05) is 18.8 Å². The van der Waals surface area contributed by atoms with Gasteiger partial charge in [0.2, 0.25) is 0 Å². The van der Waals surface area contributed by atoms with Crippen molar-refractivity contribution in [2.75, 3.05) is 18.4 Å². The van der Waals surface area contributed by atoms with Crippen LogP contribution in [-0.4, -0.2) is 24.8 Å². The molecule has 0 aromatic heterocycles. The van der Waals surface area contributed by atoms with E-state index in [0.29, 0.717) is 12.5 Å². The Morgan fingerprint density at radius 2 is 2.16 bits per heavy atom. The van der Waals surface area contributed by atoms with Crippen molar-refractivity contribution in [3.05, 3.63) is 29.8 Å². The monoisotopic (exact) mass is 262 g/mol. The number of rotatable bonds is 2. The number of hydrogen-bond donors (Lipinski definition) is 2. The van der Waals surface area contributed by atoms with Crippen molar-refractivity contribution in [3.63, 3.8) is 0 Å². The Hall–Kier alpha value is -1.71. The maximum Gasteiger partial charge on any atom is 0.407 e. The SMILES string of the molecule is CC(C)(C)OC(=O)NC[C@H]1CNc2ccccc2C1. The Morgan fingerprint density at radius 3 is 2.89 bits per heavy atom. The third kappa shape index (κ3) is 4.16. The predicted molar refractivity (Wildman–Crippen MR) is 76.4 cm³/mol. The second-order valence-corrected chi connectivity index (χ2v) is 5.99. The van der Waals surface area contributed by atoms with Crippen molar-refractivity contribution in [2.45, 2.75) is 32.8 Å². The van der Waals surface area contributed by atoms with Gasteiger partial charge in [-0.3, -0.25) is 0 Å². The Bertz CT molecular complexity index is 452. The van der Waals surface area contributed by atoms with E-state index in [4.69, 9.17) is 4.74 Å². The fraction of sp³-hybridized carbons (Fsp3) is 0.533. The van der Waals surface area contributed by atoms with E-state index in [1.54, 1.807) is 0 Å². The third-order valence-corrected chi connectivity index (χ3v) is 3.04. The summed E-state index contributed by atoms with van der Waals surface area (Å²) < 4.78 is 5.23. The zero-order chi connectivity index (χ0) is 13.9. The maximum atomic E-state index is 11.6. The molecule has 0 saturated carbocycles. The van der Waals surface area contributed by atoms with Gasteiger partial charge in [-0.25, -0.2) is 4.79 Å². The van der Waals surface area contributed by atoms with E-state index in [2.05, 4.69) is 22.8 Å². The number of fused-ring (bicyclic) bond motifs is 1. The van der Waals surface area contributed by atoms with E-state index in [1.165, 1.54) is 11.3 Å². The number of carbonyl (C=O) groups is 1. The summed E-state index contributed by atoms with van der Waals surface area (Å²) in [5.74, 6) is 0.405. The van der Waals surface area contributed by atoms with E-state index >= 15 is 0 Å². The number of alkyl carbamates (subject to hydrolysis) is 1. The molecule has 0 fully saturated rings. The molecule has 104 valence electrons. The maximum absolute atomic E-state index is 11.6. The second kappa shape index (κ2) is 5.51. The number of benzene rings is 1. The molecule has 1 atom stereocenters. The minimum absolute atomic E-state index is 0.341. The highest BCUT2D eigenvalue weighted by Gasteiger charge is 2.20. The summed E-state index contributed by atoms with van der Waals surface area (Å²) in [4.78, 5) is 11.6. The molecular weight excluding hydrogens is 240 g/mol. The number of amides is 1. The average molecular weight is 262 g/mol. The van der Waals surface area contributed by atoms with Crippen LogP contribution in [0.3, 0.4) is 0 Å². The first-order chi connectivity index (χ1) is 8.94. The summed E-state index contributed by atoms with van der Waals surface area (Å²) in [5.41, 5.74) is 2.07. The first kappa shape index (κ1) is 13.7. The standard InChI is InChI=1S/C15H22N2O2/c1-15(2,3)19-14(18)17-10-11-8-12-6-4-5-7-13(12)16-9-11/h4-7,11,16H,8-10H2,1-3H3,(H,17,18)/t11-/m1/s1. The third-order valence-electron chi connectivity index (χ3n) is 3.04. The van der Waals surface area contributed by atoms with Crippen LogP contribution in [0.25, 0.3) is 0 Å². The van der Waals surface area contributed by atoms with Crippen molar-refractivity contribution in [1.29, 1.82) is 0 Å². The molecule has 0 aliphatic carbocycles. The molecule has 1 aliphatic rings. The Morgan fingerprint density at radius 1 is 1.42 bits per heavy atom. The van der Waals surface area contributed by atoms with Crippen molar-refractivity contribution in [2.24, 2.45) is 5.92 Å². The van der Waals surface area contributed by atoms with Gasteiger partial charge < -0.3 is 15.4 Å². The molecule has 4 heteroatoms. The highest BCUT2D eigenvalue weighted by Crippen LogP contribution is 2.23. The Labute approximate surface area is 114 Å². The number of carbonyl (C=O) groups excluding carboxylic acids is 1. The summed E-state index contributed by atoms with van der Waals surface area (Å²) in [6, 6.07) is 8.30. The van der Waals surface area contributed by atoms with Gasteiger partial charge in [0.1, 0.15) is 5.60 Å². The molecule has 1 aromatic carbocycles. The lowest BCUT2D eigenvalue weighted by Crippen LogP contribution is -2.38. The van der Waals surface area contributed by atoms with Crippen LogP contribution in [0.2, 0.25) is 0 Å². The molecule has 1 aliphatic heterocycles. The topological polar surface area (TPSA) is 50.4 Å². The van der Waals surface area contributed by atoms with E-state index in [0.717, 1.165) is 13.0 Å². The van der Waals surface area contributed by atoms with Gasteiger partial charge >= 0.3 is 6.09 Å². The van der Waals surface area contributed by atoms with Gasteiger partial charge in [-0.2, -0.15) is 0 Å². The van der Waals surface area contributed by atoms with Crippen LogP contribution >= 0.6 is 0 Å². The number of ether oxygens (including phenoxy) is 1. The highest BCUT2D eigenvalue weighted by atomic mass is 16.6. The molecule has 0 bridgehead atoms. The van der Waals surface area contributed by atoms with Gasteiger partial charge in [-0.15, -0.1) is 0 Å². The quantitative estimate of drug-likeness (QED) is 0.861. The van der Waals surface area contributed by atoms with Gasteiger partial charge in [0.05, 0.1) is 0 Å². The summed E-state index contributed by atoms with van der Waals surface area (Å²) in [6.07, 6.45) is 0.644. The minimum Gasteiger partial charge on any atom is -0.444 e. The molecule has 0 radical (unpaired) electrons. The summed E-state index contributed by atoms with van der Waals surface area (Å²) in [5, 5.41) is 6.23. The molecule has 1 amide bonds. The summed E-state index contributed by atoms with van der Waals surface area (Å²) in [7, 11) is 0. The van der Waals surface area contributed by atoms with Crippen LogP contribution in [0.15, 0.2) is 24.3 Å². The molecule has 0 saturated heterocycles. The average Bonchev–Trinajstić information content (AvgIpc) is 2.34. The number of anilines is 1. The Balaban J connectivity index is 1.81. The van der Waals surface area contributed by atoms with E-state index < -0.39 is 5.60 Å². The fourth-order valence-electron chi connectivity index (χ4n) is 2.19. The van der Waals surface area contributed by atoms with Crippen LogP contribution in [0, 0.1) is 5.92 Å². The Kier molecular flexibility index (Phi) is 3.98. The number of nitrogens with one attached hydrogen (secondary N) is 2. The van der Waals surface area contributed by atoms with Gasteiger partial charge in [-0.05, 0) is 44.7 Å². The van der Waals surface area contributed by atoms with Crippen molar-refractivity contribution in [3.8, 4) is 0 Å². The van der Waals surface area contributed by atoms with Gasteiger partial charge in [0.25, 0.3) is 0 Å². The van der Waals surface area contributed by atoms with Crippen molar-refractivity contribution >= 4 is 11.8 Å². The largest absolute Gasteiger partial charge is 0.444 e. The highest BCUT2D eigenvalue weighted by molar-refractivity contribution is 5.67. The lowest BCUT2D eigenvalue weighted by molar-refractivity contribution is 0.0520. The fourth-order valence-corrected chi connectivity index (χ4v) is 2.19. The lowest BCUT2D eigenvalue weighted by atomic mass is 9.94. The summed E-state index contributed by atoms with van der Waals surface area (Å²) >= 11 is 0. The molecule has 4 nitrogen and oxygen atoms in total. The van der Waals surface area contributed by atoms with Crippen molar-refractivity contribution in [1.82, 2.24) is 5.32 Å².